The van der Waals surface area contributed by atoms with Crippen LogP contribution >= 0.6 is 0 Å². The van der Waals surface area contributed by atoms with E-state index >= 15 is 0 Å². The fourth-order valence-corrected chi connectivity index (χ4v) is 1.56. The molecule has 5 nitrogen and oxygen atoms in total. The van der Waals surface area contributed by atoms with Crippen molar-refractivity contribution in [3.05, 3.63) is 23.8 Å². The number of carbonyl (C=O) groups is 1. The molecule has 0 spiro atoms. The van der Waals surface area contributed by atoms with Gasteiger partial charge in [-0.3, -0.25) is 4.79 Å². The number of benzene rings is 1. The van der Waals surface area contributed by atoms with Crippen molar-refractivity contribution < 1.29 is 23.7 Å². The molecule has 0 saturated carbocycles. The third-order valence-corrected chi connectivity index (χ3v) is 2.61. The van der Waals surface area contributed by atoms with E-state index in [1.807, 2.05) is 0 Å². The van der Waals surface area contributed by atoms with Gasteiger partial charge in [-0.15, -0.1) is 0 Å². The van der Waals surface area contributed by atoms with Crippen LogP contribution < -0.4 is 9.47 Å². The summed E-state index contributed by atoms with van der Waals surface area (Å²) in [5.74, 6) is 1.17. The van der Waals surface area contributed by atoms with Gasteiger partial charge in [-0.25, -0.2) is 0 Å². The van der Waals surface area contributed by atoms with E-state index in [0.29, 0.717) is 43.3 Å². The molecule has 0 N–H and O–H groups in total. The first-order chi connectivity index (χ1) is 9.22. The average Bonchev–Trinajstić information content (AvgIpc) is 2.46. The van der Waals surface area contributed by atoms with Crippen molar-refractivity contribution in [3.63, 3.8) is 0 Å². The van der Waals surface area contributed by atoms with Crippen molar-refractivity contribution in [1.29, 1.82) is 0 Å². The van der Waals surface area contributed by atoms with Gasteiger partial charge >= 0.3 is 0 Å². The van der Waals surface area contributed by atoms with Crippen molar-refractivity contribution in [1.82, 2.24) is 0 Å². The van der Waals surface area contributed by atoms with Crippen molar-refractivity contribution in [2.45, 2.75) is 6.42 Å². The number of hydrogen-bond donors (Lipinski definition) is 0. The van der Waals surface area contributed by atoms with Gasteiger partial charge in [-0.05, 0) is 18.2 Å². The zero-order valence-electron chi connectivity index (χ0n) is 11.6. The lowest BCUT2D eigenvalue weighted by Gasteiger charge is -2.09. The van der Waals surface area contributed by atoms with Gasteiger partial charge in [0.05, 0.1) is 34.0 Å². The Labute approximate surface area is 113 Å². The molecule has 5 heteroatoms. The lowest BCUT2D eigenvalue weighted by atomic mass is 10.1. The van der Waals surface area contributed by atoms with Crippen LogP contribution in [-0.2, 0) is 9.47 Å². The SMILES string of the molecule is COCCOCCC(=O)c1ccc(OC)c(OC)c1. The minimum atomic E-state index is 0.0124. The third-order valence-electron chi connectivity index (χ3n) is 2.61. The third kappa shape index (κ3) is 4.89. The standard InChI is InChI=1S/C14H20O5/c1-16-8-9-19-7-6-12(15)11-4-5-13(17-2)14(10-11)18-3/h4-5,10H,6-9H2,1-3H3. The van der Waals surface area contributed by atoms with E-state index in [9.17, 15) is 4.79 Å². The Morgan fingerprint density at radius 1 is 1.00 bits per heavy atom. The van der Waals surface area contributed by atoms with Gasteiger partial charge in [0.25, 0.3) is 0 Å². The minimum absolute atomic E-state index is 0.0124. The molecule has 0 amide bonds. The molecule has 0 fully saturated rings. The quantitative estimate of drug-likeness (QED) is 0.506. The number of ketones is 1. The van der Waals surface area contributed by atoms with E-state index in [0.717, 1.165) is 0 Å². The highest BCUT2D eigenvalue weighted by atomic mass is 16.5. The zero-order chi connectivity index (χ0) is 14.1. The Bertz CT molecular complexity index is 403. The molecule has 1 aromatic carbocycles. The number of methoxy groups -OCH3 is 3. The summed E-state index contributed by atoms with van der Waals surface area (Å²) < 4.78 is 20.4. The van der Waals surface area contributed by atoms with Crippen LogP contribution in [0.4, 0.5) is 0 Å². The Hall–Kier alpha value is -1.59. The second-order valence-electron chi connectivity index (χ2n) is 3.85. The molecule has 1 rings (SSSR count). The Morgan fingerprint density at radius 3 is 2.37 bits per heavy atom. The fraction of sp³-hybridized carbons (Fsp3) is 0.500. The Morgan fingerprint density at radius 2 is 1.74 bits per heavy atom. The first-order valence-electron chi connectivity index (χ1n) is 6.04. The molecule has 0 aliphatic rings. The molecule has 0 heterocycles. The largest absolute Gasteiger partial charge is 0.493 e. The van der Waals surface area contributed by atoms with E-state index in [4.69, 9.17) is 18.9 Å². The van der Waals surface area contributed by atoms with Crippen LogP contribution in [-0.4, -0.2) is 46.9 Å². The van der Waals surface area contributed by atoms with Crippen molar-refractivity contribution >= 4 is 5.78 Å². The van der Waals surface area contributed by atoms with Crippen LogP contribution in [0.5, 0.6) is 11.5 Å². The van der Waals surface area contributed by atoms with Crippen LogP contribution in [0, 0.1) is 0 Å². The van der Waals surface area contributed by atoms with E-state index in [1.54, 1.807) is 39.5 Å². The van der Waals surface area contributed by atoms with Crippen molar-refractivity contribution in [2.75, 3.05) is 41.2 Å². The average molecular weight is 268 g/mol. The Balaban J connectivity index is 2.52. The van der Waals surface area contributed by atoms with Gasteiger partial charge in [0.15, 0.2) is 17.3 Å². The normalized spacial score (nSPS) is 10.3. The molecule has 106 valence electrons. The molecular formula is C14H20O5. The Kier molecular flexibility index (Phi) is 6.92. The van der Waals surface area contributed by atoms with Gasteiger partial charge in [-0.2, -0.15) is 0 Å². The molecule has 0 unspecified atom stereocenters. The first kappa shape index (κ1) is 15.5. The summed E-state index contributed by atoms with van der Waals surface area (Å²) in [6.07, 6.45) is 0.333. The summed E-state index contributed by atoms with van der Waals surface area (Å²) >= 11 is 0. The number of Topliss-reactive ketones (excluding diaryl/α,β-unsaturated/α-hetero) is 1. The summed E-state index contributed by atoms with van der Waals surface area (Å²) in [6.45, 7) is 1.41. The van der Waals surface area contributed by atoms with Gasteiger partial charge < -0.3 is 18.9 Å². The van der Waals surface area contributed by atoms with E-state index in [-0.39, 0.29) is 5.78 Å². The van der Waals surface area contributed by atoms with Crippen LogP contribution in [0.1, 0.15) is 16.8 Å². The molecule has 0 aromatic heterocycles. The summed E-state index contributed by atoms with van der Waals surface area (Å²) in [4.78, 5) is 11.9. The van der Waals surface area contributed by atoms with Crippen LogP contribution in [0.25, 0.3) is 0 Å². The maximum absolute atomic E-state index is 11.9. The lowest BCUT2D eigenvalue weighted by Crippen LogP contribution is -2.08. The van der Waals surface area contributed by atoms with Crippen molar-refractivity contribution in [3.8, 4) is 11.5 Å². The highest BCUT2D eigenvalue weighted by Crippen LogP contribution is 2.27. The first-order valence-corrected chi connectivity index (χ1v) is 6.04. The molecular weight excluding hydrogens is 248 g/mol. The molecule has 0 aliphatic heterocycles. The number of carbonyl (C=O) groups excluding carboxylic acids is 1. The predicted octanol–water partition coefficient (Wildman–Crippen LogP) is 1.94. The summed E-state index contributed by atoms with van der Waals surface area (Å²) in [7, 11) is 4.71. The van der Waals surface area contributed by atoms with Gasteiger partial charge in [0.2, 0.25) is 0 Å². The van der Waals surface area contributed by atoms with Gasteiger partial charge in [0.1, 0.15) is 0 Å². The molecule has 1 aromatic rings. The molecule has 19 heavy (non-hydrogen) atoms. The van der Waals surface area contributed by atoms with Gasteiger partial charge in [-0.1, -0.05) is 0 Å². The monoisotopic (exact) mass is 268 g/mol. The number of rotatable bonds is 9. The van der Waals surface area contributed by atoms with Crippen LogP contribution in [0.3, 0.4) is 0 Å². The molecule has 0 aliphatic carbocycles. The predicted molar refractivity (Wildman–Crippen MR) is 71.2 cm³/mol. The van der Waals surface area contributed by atoms with E-state index < -0.39 is 0 Å². The maximum atomic E-state index is 11.9. The zero-order valence-corrected chi connectivity index (χ0v) is 11.6. The molecule has 0 bridgehead atoms. The van der Waals surface area contributed by atoms with E-state index in [2.05, 4.69) is 0 Å². The highest BCUT2D eigenvalue weighted by Gasteiger charge is 2.10. The summed E-state index contributed by atoms with van der Waals surface area (Å²) in [6, 6.07) is 5.12. The lowest BCUT2D eigenvalue weighted by molar-refractivity contribution is 0.0641. The molecule has 0 saturated heterocycles. The van der Waals surface area contributed by atoms with Crippen molar-refractivity contribution in [2.24, 2.45) is 0 Å². The number of ether oxygens (including phenoxy) is 4. The molecule has 0 radical (unpaired) electrons. The second kappa shape index (κ2) is 8.50. The second-order valence-corrected chi connectivity index (χ2v) is 3.85. The van der Waals surface area contributed by atoms with Crippen LogP contribution in [0.15, 0.2) is 18.2 Å². The summed E-state index contributed by atoms with van der Waals surface area (Å²) in [5.41, 5.74) is 0.591. The van der Waals surface area contributed by atoms with E-state index in [1.165, 1.54) is 0 Å². The topological polar surface area (TPSA) is 54.0 Å². The van der Waals surface area contributed by atoms with Crippen LogP contribution in [0.2, 0.25) is 0 Å². The van der Waals surface area contributed by atoms with Gasteiger partial charge in [0, 0.05) is 19.1 Å². The summed E-state index contributed by atoms with van der Waals surface area (Å²) in [5, 5.41) is 0. The minimum Gasteiger partial charge on any atom is -0.493 e. The molecule has 0 atom stereocenters. The fourth-order valence-electron chi connectivity index (χ4n) is 1.56. The number of hydrogen-bond acceptors (Lipinski definition) is 5. The maximum Gasteiger partial charge on any atom is 0.165 e. The highest BCUT2D eigenvalue weighted by molar-refractivity contribution is 5.96. The smallest absolute Gasteiger partial charge is 0.165 e.